The SMILES string of the molecule is CCCCCCCCCO[PH](CCCCCCCCC)(OCCCCCCCCC)Oc1ccccc1.c1ccc2scnc2c1. The van der Waals surface area contributed by atoms with Crippen LogP contribution in [0.2, 0.25) is 0 Å². The number of unbranched alkanes of at least 4 members (excludes halogenated alkanes) is 18. The van der Waals surface area contributed by atoms with Crippen LogP contribution >= 0.6 is 19.3 Å². The predicted octanol–water partition coefficient (Wildman–Crippen LogP) is 14.1. The van der Waals surface area contributed by atoms with E-state index >= 15 is 0 Å². The second-order valence-corrected chi connectivity index (χ2v) is 16.3. The van der Waals surface area contributed by atoms with Gasteiger partial charge in [0.2, 0.25) is 0 Å². The zero-order valence-electron chi connectivity index (χ0n) is 29.8. The van der Waals surface area contributed by atoms with Gasteiger partial charge in [-0.2, -0.15) is 0 Å². The Morgan fingerprint density at radius 3 is 1.50 bits per heavy atom. The van der Waals surface area contributed by atoms with E-state index in [0.717, 1.165) is 49.9 Å². The second-order valence-electron chi connectivity index (χ2n) is 12.7. The zero-order valence-corrected chi connectivity index (χ0v) is 31.6. The summed E-state index contributed by atoms with van der Waals surface area (Å²) in [6.07, 6.45) is 28.1. The van der Waals surface area contributed by atoms with Crippen LogP contribution in [0.25, 0.3) is 10.2 Å². The molecule has 2 aromatic carbocycles. The standard InChI is InChI=1S/C33H63O3P.C7H5NS/c1-4-7-10-13-16-19-25-30-34-37(36-33-28-23-22-24-29-33,32-27-21-18-15-12-9-6-3)35-31-26-20-17-14-11-8-5-2;1-2-4-7-6(3-1)8-5-9-7/h22-24,28-29,37H,4-21,25-27,30-32H2,1-3H3;1-5H. The number of aromatic nitrogens is 1. The average molecular weight is 674 g/mol. The first-order valence-electron chi connectivity index (χ1n) is 19.0. The molecule has 0 atom stereocenters. The number of fused-ring (bicyclic) bond motifs is 1. The van der Waals surface area contributed by atoms with Crippen molar-refractivity contribution in [2.75, 3.05) is 19.4 Å². The van der Waals surface area contributed by atoms with Crippen LogP contribution in [0, 0.1) is 0 Å². The van der Waals surface area contributed by atoms with Crippen molar-refractivity contribution in [2.45, 2.75) is 156 Å². The molecule has 262 valence electrons. The number of thiazole rings is 1. The molecule has 46 heavy (non-hydrogen) atoms. The molecule has 0 saturated carbocycles. The molecule has 0 radical (unpaired) electrons. The maximum atomic E-state index is 6.66. The summed E-state index contributed by atoms with van der Waals surface area (Å²) in [6, 6.07) is 18.4. The van der Waals surface area contributed by atoms with Crippen LogP contribution in [0.5, 0.6) is 5.75 Å². The summed E-state index contributed by atoms with van der Waals surface area (Å²) < 4.78 is 21.2. The van der Waals surface area contributed by atoms with E-state index in [-0.39, 0.29) is 0 Å². The van der Waals surface area contributed by atoms with E-state index in [1.165, 1.54) is 120 Å². The molecule has 0 aliphatic carbocycles. The molecule has 0 N–H and O–H groups in total. The van der Waals surface area contributed by atoms with Crippen molar-refractivity contribution in [1.29, 1.82) is 0 Å². The minimum absolute atomic E-state index is 0.764. The summed E-state index contributed by atoms with van der Waals surface area (Å²) in [4.78, 5) is 4.14. The topological polar surface area (TPSA) is 40.6 Å². The Morgan fingerprint density at radius 2 is 0.978 bits per heavy atom. The molecule has 0 amide bonds. The van der Waals surface area contributed by atoms with Crippen LogP contribution in [0.4, 0.5) is 0 Å². The van der Waals surface area contributed by atoms with Gasteiger partial charge in [0, 0.05) is 0 Å². The van der Waals surface area contributed by atoms with Crippen LogP contribution in [-0.4, -0.2) is 24.4 Å². The number of hydrogen-bond acceptors (Lipinski definition) is 5. The van der Waals surface area contributed by atoms with Gasteiger partial charge >= 0.3 is 233 Å². The van der Waals surface area contributed by atoms with Crippen molar-refractivity contribution in [3.05, 3.63) is 60.1 Å². The largest absolute Gasteiger partial charge is 0.245 e. The Morgan fingerprint density at radius 1 is 0.522 bits per heavy atom. The van der Waals surface area contributed by atoms with Crippen molar-refractivity contribution in [3.63, 3.8) is 0 Å². The molecule has 0 aliphatic heterocycles. The molecular formula is C40H68NO3PS. The van der Waals surface area contributed by atoms with Crippen LogP contribution in [0.15, 0.2) is 60.1 Å². The van der Waals surface area contributed by atoms with Gasteiger partial charge in [0.05, 0.1) is 15.7 Å². The normalized spacial score (nSPS) is 11.8. The van der Waals surface area contributed by atoms with E-state index < -0.39 is 7.94 Å². The molecule has 0 bridgehead atoms. The molecule has 1 aromatic heterocycles. The Bertz CT molecular complexity index is 1010. The summed E-state index contributed by atoms with van der Waals surface area (Å²) in [5, 5.41) is 0. The fourth-order valence-electron chi connectivity index (χ4n) is 5.64. The number of rotatable bonds is 28. The van der Waals surface area contributed by atoms with Gasteiger partial charge in [-0.3, -0.25) is 0 Å². The van der Waals surface area contributed by atoms with Gasteiger partial charge in [-0.1, -0.05) is 12.1 Å². The Labute approximate surface area is 288 Å². The van der Waals surface area contributed by atoms with Crippen molar-refractivity contribution in [3.8, 4) is 5.75 Å². The van der Waals surface area contributed by atoms with Crippen LogP contribution in [-0.2, 0) is 9.05 Å². The van der Waals surface area contributed by atoms with E-state index in [2.05, 4.69) is 56.1 Å². The van der Waals surface area contributed by atoms with Gasteiger partial charge < -0.3 is 0 Å². The third kappa shape index (κ3) is 20.0. The molecule has 0 saturated heterocycles. The Kier molecular flexibility index (Phi) is 25.2. The zero-order chi connectivity index (χ0) is 32.8. The van der Waals surface area contributed by atoms with Gasteiger partial charge in [0.25, 0.3) is 0 Å². The number of para-hydroxylation sites is 2. The molecule has 0 unspecified atom stereocenters. The first kappa shape index (κ1) is 40.7. The van der Waals surface area contributed by atoms with Gasteiger partial charge in [0.1, 0.15) is 0 Å². The first-order valence-corrected chi connectivity index (χ1v) is 21.8. The third-order valence-corrected chi connectivity index (χ3v) is 12.1. The van der Waals surface area contributed by atoms with E-state index in [0.29, 0.717) is 0 Å². The minimum atomic E-state index is -2.77. The van der Waals surface area contributed by atoms with Crippen LogP contribution in [0.3, 0.4) is 0 Å². The summed E-state index contributed by atoms with van der Waals surface area (Å²) in [6.45, 7) is 8.37. The van der Waals surface area contributed by atoms with Gasteiger partial charge in [-0.15, -0.1) is 11.3 Å². The maximum Gasteiger partial charge on any atom is 0.0812 e. The van der Waals surface area contributed by atoms with Crippen molar-refractivity contribution in [2.24, 2.45) is 0 Å². The third-order valence-electron chi connectivity index (χ3n) is 8.48. The van der Waals surface area contributed by atoms with E-state index in [1.54, 1.807) is 11.3 Å². The van der Waals surface area contributed by atoms with E-state index in [1.807, 2.05) is 29.8 Å². The maximum absolute atomic E-state index is 6.66. The Balaban J connectivity index is 0.000000686. The molecular weight excluding hydrogens is 605 g/mol. The Hall–Kier alpha value is -1.52. The fraction of sp³-hybridized carbons (Fsp3) is 0.675. The van der Waals surface area contributed by atoms with Crippen molar-refractivity contribution >= 4 is 29.5 Å². The van der Waals surface area contributed by atoms with Crippen molar-refractivity contribution in [1.82, 2.24) is 4.98 Å². The quantitative estimate of drug-likeness (QED) is 0.0568. The molecule has 4 nitrogen and oxygen atoms in total. The number of hydrogen-bond donors (Lipinski definition) is 0. The monoisotopic (exact) mass is 673 g/mol. The number of nitrogens with zero attached hydrogens (tertiary/aromatic N) is 1. The second kappa shape index (κ2) is 28.5. The van der Waals surface area contributed by atoms with Gasteiger partial charge in [-0.05, 0) is 12.1 Å². The molecule has 3 aromatic rings. The summed E-state index contributed by atoms with van der Waals surface area (Å²) in [5.41, 5.74) is 2.97. The minimum Gasteiger partial charge on any atom is -0.245 e. The molecule has 0 fully saturated rings. The van der Waals surface area contributed by atoms with E-state index in [4.69, 9.17) is 13.6 Å². The summed E-state index contributed by atoms with van der Waals surface area (Å²) >= 11 is 1.68. The van der Waals surface area contributed by atoms with Gasteiger partial charge in [-0.25, -0.2) is 4.98 Å². The van der Waals surface area contributed by atoms with E-state index in [9.17, 15) is 0 Å². The molecule has 3 rings (SSSR count). The van der Waals surface area contributed by atoms with Crippen LogP contribution < -0.4 is 4.52 Å². The first-order chi connectivity index (χ1) is 22.7. The molecule has 0 spiro atoms. The summed E-state index contributed by atoms with van der Waals surface area (Å²) in [5.74, 6) is 0.899. The number of benzene rings is 2. The fourth-order valence-corrected chi connectivity index (χ4v) is 9.00. The molecule has 1 heterocycles. The summed E-state index contributed by atoms with van der Waals surface area (Å²) in [7, 11) is -2.77. The predicted molar refractivity (Wildman–Crippen MR) is 206 cm³/mol. The smallest absolute Gasteiger partial charge is 0.0812 e. The molecule has 0 aliphatic rings. The van der Waals surface area contributed by atoms with Crippen molar-refractivity contribution < 1.29 is 13.6 Å². The molecule has 6 heteroatoms. The van der Waals surface area contributed by atoms with Gasteiger partial charge in [0.15, 0.2) is 0 Å². The van der Waals surface area contributed by atoms with Crippen LogP contribution in [0.1, 0.15) is 156 Å². The average Bonchev–Trinajstić information content (AvgIpc) is 3.57.